The van der Waals surface area contributed by atoms with Crippen molar-refractivity contribution in [2.45, 2.75) is 6.04 Å². The highest BCUT2D eigenvalue weighted by molar-refractivity contribution is 6.30. The summed E-state index contributed by atoms with van der Waals surface area (Å²) >= 11 is 5.97. The first-order valence-electron chi connectivity index (χ1n) is 6.32. The van der Waals surface area contributed by atoms with E-state index >= 15 is 0 Å². The van der Waals surface area contributed by atoms with E-state index in [0.29, 0.717) is 16.1 Å². The number of aromatic amines is 2. The molecule has 6 heteroatoms. The maximum atomic E-state index is 11.4. The first-order valence-corrected chi connectivity index (χ1v) is 6.70. The van der Waals surface area contributed by atoms with Gasteiger partial charge in [-0.25, -0.2) is 0 Å². The van der Waals surface area contributed by atoms with Crippen molar-refractivity contribution >= 4 is 22.6 Å². The van der Waals surface area contributed by atoms with Gasteiger partial charge in [0.25, 0.3) is 0 Å². The predicted molar refractivity (Wildman–Crippen MR) is 82.7 cm³/mol. The molecule has 106 valence electrons. The third-order valence-corrected chi connectivity index (χ3v) is 3.55. The molecule has 21 heavy (non-hydrogen) atoms. The lowest BCUT2D eigenvalue weighted by Crippen LogP contribution is -2.29. The number of benzene rings is 2. The Morgan fingerprint density at radius 2 is 1.57 bits per heavy atom. The van der Waals surface area contributed by atoms with Crippen LogP contribution in [0.5, 0.6) is 0 Å². The van der Waals surface area contributed by atoms with Gasteiger partial charge < -0.3 is 15.7 Å². The molecule has 5 nitrogen and oxygen atoms in total. The SMILES string of the molecule is NC(c1cccc(Cl)c1)c1ccc2[nH]c(=O)c(=O)[nH]c2c1. The standard InChI is InChI=1S/C15H12ClN3O2/c16-10-3-1-2-8(6-10)13(17)9-4-5-11-12(7-9)19-15(21)14(20)18-11/h1-7,13H,17H2,(H,18,20)(H,19,21). The number of nitrogens with one attached hydrogen (secondary N) is 2. The van der Waals surface area contributed by atoms with E-state index < -0.39 is 11.1 Å². The summed E-state index contributed by atoms with van der Waals surface area (Å²) < 4.78 is 0. The number of rotatable bonds is 2. The number of aromatic nitrogens is 2. The molecule has 3 rings (SSSR count). The second kappa shape index (κ2) is 5.20. The summed E-state index contributed by atoms with van der Waals surface area (Å²) in [5, 5.41) is 0.612. The van der Waals surface area contributed by atoms with Gasteiger partial charge in [-0.05, 0) is 35.4 Å². The van der Waals surface area contributed by atoms with Crippen LogP contribution in [0.4, 0.5) is 0 Å². The monoisotopic (exact) mass is 301 g/mol. The molecule has 1 unspecified atom stereocenters. The third-order valence-electron chi connectivity index (χ3n) is 3.31. The fourth-order valence-corrected chi connectivity index (χ4v) is 2.42. The fraction of sp³-hybridized carbons (Fsp3) is 0.0667. The second-order valence-corrected chi connectivity index (χ2v) is 5.18. The largest absolute Gasteiger partial charge is 0.320 e. The molecule has 2 aromatic carbocycles. The van der Waals surface area contributed by atoms with E-state index in [0.717, 1.165) is 11.1 Å². The number of hydrogen-bond donors (Lipinski definition) is 3. The van der Waals surface area contributed by atoms with Crippen LogP contribution in [0.15, 0.2) is 52.1 Å². The Bertz CT molecular complexity index is 930. The summed E-state index contributed by atoms with van der Waals surface area (Å²) in [6, 6.07) is 12.2. The molecule has 0 amide bonds. The van der Waals surface area contributed by atoms with E-state index in [2.05, 4.69) is 9.97 Å². The molecule has 0 aliphatic heterocycles. The van der Waals surface area contributed by atoms with Crippen molar-refractivity contribution in [2.24, 2.45) is 5.73 Å². The first-order chi connectivity index (χ1) is 10.0. The average molecular weight is 302 g/mol. The Morgan fingerprint density at radius 1 is 0.905 bits per heavy atom. The predicted octanol–water partition coefficient (Wildman–Crippen LogP) is 1.92. The van der Waals surface area contributed by atoms with Crippen LogP contribution in [-0.2, 0) is 0 Å². The van der Waals surface area contributed by atoms with E-state index in [1.807, 2.05) is 18.2 Å². The topological polar surface area (TPSA) is 91.7 Å². The molecule has 0 bridgehead atoms. The van der Waals surface area contributed by atoms with Crippen molar-refractivity contribution < 1.29 is 0 Å². The summed E-state index contributed by atoms with van der Waals surface area (Å²) in [5.41, 5.74) is 7.64. The highest BCUT2D eigenvalue weighted by atomic mass is 35.5. The number of hydrogen-bond acceptors (Lipinski definition) is 3. The summed E-state index contributed by atoms with van der Waals surface area (Å²) in [4.78, 5) is 27.7. The summed E-state index contributed by atoms with van der Waals surface area (Å²) in [6.45, 7) is 0. The van der Waals surface area contributed by atoms with Gasteiger partial charge in [-0.15, -0.1) is 0 Å². The molecule has 0 aliphatic carbocycles. The maximum Gasteiger partial charge on any atom is 0.314 e. The van der Waals surface area contributed by atoms with E-state index in [1.165, 1.54) is 0 Å². The lowest BCUT2D eigenvalue weighted by atomic mass is 9.99. The number of H-pyrrole nitrogens is 2. The number of fused-ring (bicyclic) bond motifs is 1. The second-order valence-electron chi connectivity index (χ2n) is 4.75. The molecule has 0 spiro atoms. The summed E-state index contributed by atoms with van der Waals surface area (Å²) in [6.07, 6.45) is 0. The van der Waals surface area contributed by atoms with Crippen LogP contribution in [0.3, 0.4) is 0 Å². The minimum atomic E-state index is -0.684. The van der Waals surface area contributed by atoms with Gasteiger partial charge in [0.05, 0.1) is 17.1 Å². The molecule has 1 aromatic heterocycles. The molecule has 0 radical (unpaired) electrons. The maximum absolute atomic E-state index is 11.4. The quantitative estimate of drug-likeness (QED) is 0.631. The summed E-state index contributed by atoms with van der Waals surface area (Å²) in [5.74, 6) is 0. The van der Waals surface area contributed by atoms with Crippen molar-refractivity contribution in [3.63, 3.8) is 0 Å². The molecule has 0 saturated heterocycles. The van der Waals surface area contributed by atoms with Crippen molar-refractivity contribution in [1.82, 2.24) is 9.97 Å². The Hall–Kier alpha value is -2.37. The van der Waals surface area contributed by atoms with Crippen LogP contribution in [0.2, 0.25) is 5.02 Å². The Morgan fingerprint density at radius 3 is 2.29 bits per heavy atom. The van der Waals surface area contributed by atoms with E-state index in [1.54, 1.807) is 24.3 Å². The minimum absolute atomic E-state index is 0.372. The van der Waals surface area contributed by atoms with Crippen LogP contribution in [0.1, 0.15) is 17.2 Å². The van der Waals surface area contributed by atoms with Gasteiger partial charge in [0.15, 0.2) is 0 Å². The molecule has 0 aliphatic rings. The third kappa shape index (κ3) is 2.61. The highest BCUT2D eigenvalue weighted by Gasteiger charge is 2.10. The Kier molecular flexibility index (Phi) is 3.37. The van der Waals surface area contributed by atoms with Crippen LogP contribution in [-0.4, -0.2) is 9.97 Å². The van der Waals surface area contributed by atoms with Gasteiger partial charge in [0.2, 0.25) is 0 Å². The molecule has 3 aromatic rings. The minimum Gasteiger partial charge on any atom is -0.320 e. The van der Waals surface area contributed by atoms with Crippen molar-refractivity contribution in [3.8, 4) is 0 Å². The molecule has 4 N–H and O–H groups in total. The lowest BCUT2D eigenvalue weighted by Gasteiger charge is -2.13. The number of nitrogens with two attached hydrogens (primary N) is 1. The Balaban J connectivity index is 2.10. The average Bonchev–Trinajstić information content (AvgIpc) is 2.47. The van der Waals surface area contributed by atoms with Crippen molar-refractivity contribution in [2.75, 3.05) is 0 Å². The van der Waals surface area contributed by atoms with Gasteiger partial charge in [0.1, 0.15) is 0 Å². The molecule has 0 fully saturated rings. The zero-order valence-electron chi connectivity index (χ0n) is 10.9. The van der Waals surface area contributed by atoms with Gasteiger partial charge in [-0.2, -0.15) is 0 Å². The molecular weight excluding hydrogens is 290 g/mol. The van der Waals surface area contributed by atoms with Crippen molar-refractivity contribution in [1.29, 1.82) is 0 Å². The van der Waals surface area contributed by atoms with Gasteiger partial charge in [0, 0.05) is 5.02 Å². The highest BCUT2D eigenvalue weighted by Crippen LogP contribution is 2.23. The van der Waals surface area contributed by atoms with E-state index in [-0.39, 0.29) is 6.04 Å². The summed E-state index contributed by atoms with van der Waals surface area (Å²) in [7, 11) is 0. The Labute approximate surface area is 124 Å². The van der Waals surface area contributed by atoms with Crippen LogP contribution >= 0.6 is 11.6 Å². The first kappa shape index (κ1) is 13.6. The lowest BCUT2D eigenvalue weighted by molar-refractivity contribution is 0.872. The zero-order valence-corrected chi connectivity index (χ0v) is 11.6. The van der Waals surface area contributed by atoms with Gasteiger partial charge in [-0.3, -0.25) is 9.59 Å². The normalized spacial score (nSPS) is 12.5. The van der Waals surface area contributed by atoms with Crippen LogP contribution in [0, 0.1) is 0 Å². The van der Waals surface area contributed by atoms with Crippen LogP contribution < -0.4 is 16.9 Å². The zero-order chi connectivity index (χ0) is 15.0. The molecular formula is C15H12ClN3O2. The molecule has 1 atom stereocenters. The van der Waals surface area contributed by atoms with Crippen LogP contribution in [0.25, 0.3) is 11.0 Å². The van der Waals surface area contributed by atoms with Gasteiger partial charge in [-0.1, -0.05) is 29.8 Å². The molecule has 0 saturated carbocycles. The van der Waals surface area contributed by atoms with Gasteiger partial charge >= 0.3 is 11.1 Å². The smallest absolute Gasteiger partial charge is 0.314 e. The van der Waals surface area contributed by atoms with Crippen molar-refractivity contribution in [3.05, 3.63) is 79.3 Å². The number of halogens is 1. The fourth-order valence-electron chi connectivity index (χ4n) is 2.22. The van der Waals surface area contributed by atoms with E-state index in [9.17, 15) is 9.59 Å². The van der Waals surface area contributed by atoms with E-state index in [4.69, 9.17) is 17.3 Å². The molecule has 1 heterocycles.